The number of aromatic nitrogens is 2. The van der Waals surface area contributed by atoms with Gasteiger partial charge >= 0.3 is 0 Å². The van der Waals surface area contributed by atoms with Gasteiger partial charge in [0.25, 0.3) is 5.91 Å². The first-order chi connectivity index (χ1) is 15.9. The zero-order valence-corrected chi connectivity index (χ0v) is 19.5. The predicted octanol–water partition coefficient (Wildman–Crippen LogP) is 6.31. The van der Waals surface area contributed by atoms with E-state index >= 15 is 0 Å². The smallest absolute Gasteiger partial charge is 0.256 e. The van der Waals surface area contributed by atoms with Crippen LogP contribution in [0.2, 0.25) is 0 Å². The molecule has 2 heterocycles. The molecule has 5 nitrogen and oxygen atoms in total. The topological polar surface area (TPSA) is 66.9 Å². The van der Waals surface area contributed by atoms with Gasteiger partial charge < -0.3 is 10.6 Å². The summed E-state index contributed by atoms with van der Waals surface area (Å²) in [4.78, 5) is 23.1. The van der Waals surface area contributed by atoms with E-state index in [2.05, 4.69) is 33.6 Å². The Morgan fingerprint density at radius 1 is 1.00 bits per heavy atom. The highest BCUT2D eigenvalue weighted by molar-refractivity contribution is 7.16. The highest BCUT2D eigenvalue weighted by Crippen LogP contribution is 2.38. The Morgan fingerprint density at radius 3 is 2.30 bits per heavy atom. The van der Waals surface area contributed by atoms with Gasteiger partial charge in [-0.3, -0.25) is 4.79 Å². The largest absolute Gasteiger partial charge is 0.343 e. The van der Waals surface area contributed by atoms with Crippen molar-refractivity contribution in [1.29, 1.82) is 0 Å². The predicted molar refractivity (Wildman–Crippen MR) is 131 cm³/mol. The van der Waals surface area contributed by atoms with Crippen molar-refractivity contribution in [2.75, 3.05) is 10.6 Å². The molecule has 1 atom stereocenters. The molecule has 0 saturated heterocycles. The van der Waals surface area contributed by atoms with Gasteiger partial charge in [-0.05, 0) is 62.2 Å². The van der Waals surface area contributed by atoms with E-state index in [1.807, 2.05) is 38.1 Å². The summed E-state index contributed by atoms with van der Waals surface area (Å²) in [5.41, 5.74) is 4.00. The van der Waals surface area contributed by atoms with Gasteiger partial charge in [-0.2, -0.15) is 0 Å². The van der Waals surface area contributed by atoms with Crippen molar-refractivity contribution >= 4 is 28.2 Å². The molecule has 2 N–H and O–H groups in total. The van der Waals surface area contributed by atoms with Crippen LogP contribution in [-0.2, 0) is 6.42 Å². The second-order valence-corrected chi connectivity index (χ2v) is 8.91. The fourth-order valence-electron chi connectivity index (χ4n) is 3.63. The Balaban J connectivity index is 1.76. The Bertz CT molecular complexity index is 1240. The lowest BCUT2D eigenvalue weighted by Crippen LogP contribution is -2.18. The van der Waals surface area contributed by atoms with Gasteiger partial charge in [0.1, 0.15) is 10.8 Å². The molecule has 0 aliphatic rings. The Kier molecular flexibility index (Phi) is 6.79. The van der Waals surface area contributed by atoms with Crippen LogP contribution in [-0.4, -0.2) is 15.9 Å². The van der Waals surface area contributed by atoms with E-state index in [-0.39, 0.29) is 17.8 Å². The molecular formula is C26H25FN4OS. The SMILES string of the molecule is CCc1cc([C@H](Nc2nc(C)cc(C)n2)c2ccc(F)cc2)c(NC(=O)c2ccccc2)s1. The molecule has 2 aromatic heterocycles. The van der Waals surface area contributed by atoms with Crippen molar-refractivity contribution in [3.05, 3.63) is 106 Å². The molecule has 0 spiro atoms. The molecule has 4 aromatic rings. The minimum atomic E-state index is -0.380. The lowest BCUT2D eigenvalue weighted by Gasteiger charge is -2.21. The third-order valence-corrected chi connectivity index (χ3v) is 6.40. The van der Waals surface area contributed by atoms with Crippen LogP contribution < -0.4 is 10.6 Å². The second kappa shape index (κ2) is 9.92. The quantitative estimate of drug-likeness (QED) is 0.339. The van der Waals surface area contributed by atoms with E-state index in [4.69, 9.17) is 0 Å². The van der Waals surface area contributed by atoms with Crippen molar-refractivity contribution in [3.63, 3.8) is 0 Å². The molecule has 0 aliphatic carbocycles. The number of anilines is 2. The van der Waals surface area contributed by atoms with Gasteiger partial charge in [-0.15, -0.1) is 11.3 Å². The number of hydrogen-bond donors (Lipinski definition) is 2. The number of thiophene rings is 1. The second-order valence-electron chi connectivity index (χ2n) is 7.77. The van der Waals surface area contributed by atoms with E-state index in [1.54, 1.807) is 24.3 Å². The molecule has 0 aliphatic heterocycles. The lowest BCUT2D eigenvalue weighted by molar-refractivity contribution is 0.102. The van der Waals surface area contributed by atoms with E-state index in [9.17, 15) is 9.18 Å². The van der Waals surface area contributed by atoms with Crippen LogP contribution in [0.1, 0.15) is 50.7 Å². The molecule has 168 valence electrons. The van der Waals surface area contributed by atoms with Crippen molar-refractivity contribution in [3.8, 4) is 0 Å². The number of aryl methyl sites for hydroxylation is 3. The normalized spacial score (nSPS) is 11.8. The summed E-state index contributed by atoms with van der Waals surface area (Å²) in [7, 11) is 0. The number of nitrogens with zero attached hydrogens (tertiary/aromatic N) is 2. The van der Waals surface area contributed by atoms with Crippen molar-refractivity contribution in [2.45, 2.75) is 33.2 Å². The molecule has 0 fully saturated rings. The highest BCUT2D eigenvalue weighted by atomic mass is 32.1. The number of carbonyl (C=O) groups is 1. The van der Waals surface area contributed by atoms with Crippen molar-refractivity contribution in [1.82, 2.24) is 9.97 Å². The summed E-state index contributed by atoms with van der Waals surface area (Å²) < 4.78 is 13.7. The molecule has 0 radical (unpaired) electrons. The summed E-state index contributed by atoms with van der Waals surface area (Å²) in [5.74, 6) is -0.00871. The third kappa shape index (κ3) is 5.43. The number of carbonyl (C=O) groups excluding carboxylic acids is 1. The Labute approximate surface area is 196 Å². The molecule has 4 rings (SSSR count). The van der Waals surface area contributed by atoms with Gasteiger partial charge in [0.2, 0.25) is 5.95 Å². The summed E-state index contributed by atoms with van der Waals surface area (Å²) in [6.07, 6.45) is 0.828. The average Bonchev–Trinajstić information content (AvgIpc) is 3.20. The average molecular weight is 461 g/mol. The zero-order chi connectivity index (χ0) is 23.4. The van der Waals surface area contributed by atoms with Gasteiger partial charge in [0.15, 0.2) is 0 Å². The number of rotatable bonds is 7. The molecule has 7 heteroatoms. The van der Waals surface area contributed by atoms with E-state index in [1.165, 1.54) is 23.5 Å². The first-order valence-corrected chi connectivity index (χ1v) is 11.6. The maximum absolute atomic E-state index is 13.7. The molecule has 0 bridgehead atoms. The first kappa shape index (κ1) is 22.6. The van der Waals surface area contributed by atoms with Crippen molar-refractivity contribution < 1.29 is 9.18 Å². The van der Waals surface area contributed by atoms with Crippen LogP contribution in [0.3, 0.4) is 0 Å². The third-order valence-electron chi connectivity index (χ3n) is 5.19. The van der Waals surface area contributed by atoms with E-state index in [0.29, 0.717) is 11.5 Å². The standard InChI is InChI=1S/C26H25FN4OS/c1-4-21-15-22(25(33-21)31-24(32)19-8-6-5-7-9-19)23(18-10-12-20(27)13-11-18)30-26-28-16(2)14-17(3)29-26/h5-15,23H,4H2,1-3H3,(H,31,32)(H,28,29,30)/t23-/m1/s1. The minimum Gasteiger partial charge on any atom is -0.343 e. The van der Waals surface area contributed by atoms with Crippen molar-refractivity contribution in [2.24, 2.45) is 0 Å². The molecule has 2 aromatic carbocycles. The number of amides is 1. The number of halogens is 1. The molecule has 1 amide bonds. The van der Waals surface area contributed by atoms with Gasteiger partial charge in [0.05, 0.1) is 6.04 Å². The summed E-state index contributed by atoms with van der Waals surface area (Å²) in [6, 6.07) is 19.1. The highest BCUT2D eigenvalue weighted by Gasteiger charge is 2.23. The van der Waals surface area contributed by atoms with Gasteiger partial charge in [-0.25, -0.2) is 14.4 Å². The monoisotopic (exact) mass is 460 g/mol. The van der Waals surface area contributed by atoms with Crippen LogP contribution >= 0.6 is 11.3 Å². The fourth-order valence-corrected chi connectivity index (χ4v) is 4.66. The molecule has 33 heavy (non-hydrogen) atoms. The number of nitrogens with one attached hydrogen (secondary N) is 2. The van der Waals surface area contributed by atoms with Crippen LogP contribution in [0.4, 0.5) is 15.3 Å². The maximum Gasteiger partial charge on any atom is 0.256 e. The van der Waals surface area contributed by atoms with E-state index < -0.39 is 0 Å². The maximum atomic E-state index is 13.7. The summed E-state index contributed by atoms with van der Waals surface area (Å²) >= 11 is 1.54. The minimum absolute atomic E-state index is 0.179. The Morgan fingerprint density at radius 2 is 1.67 bits per heavy atom. The lowest BCUT2D eigenvalue weighted by atomic mass is 9.99. The molecule has 0 unspecified atom stereocenters. The van der Waals surface area contributed by atoms with Gasteiger partial charge in [-0.1, -0.05) is 37.3 Å². The fraction of sp³-hybridized carbons (Fsp3) is 0.192. The van der Waals surface area contributed by atoms with Crippen LogP contribution in [0.5, 0.6) is 0 Å². The van der Waals surface area contributed by atoms with E-state index in [0.717, 1.165) is 38.8 Å². The van der Waals surface area contributed by atoms with Crippen LogP contribution in [0, 0.1) is 19.7 Å². The number of benzene rings is 2. The zero-order valence-electron chi connectivity index (χ0n) is 18.7. The summed E-state index contributed by atoms with van der Waals surface area (Å²) in [5, 5.41) is 7.23. The molecule has 0 saturated carbocycles. The number of hydrogen-bond acceptors (Lipinski definition) is 5. The van der Waals surface area contributed by atoms with Crippen LogP contribution in [0.25, 0.3) is 0 Å². The van der Waals surface area contributed by atoms with Gasteiger partial charge in [0, 0.05) is 27.4 Å². The Hall–Kier alpha value is -3.58. The summed E-state index contributed by atoms with van der Waals surface area (Å²) in [6.45, 7) is 5.90. The van der Waals surface area contributed by atoms with Crippen LogP contribution in [0.15, 0.2) is 66.7 Å². The first-order valence-electron chi connectivity index (χ1n) is 10.8. The molecular weight excluding hydrogens is 435 g/mol.